The molecule has 172 valence electrons. The quantitative estimate of drug-likeness (QED) is 0.324. The van der Waals surface area contributed by atoms with Gasteiger partial charge in [-0.3, -0.25) is 9.69 Å². The van der Waals surface area contributed by atoms with E-state index in [1.165, 1.54) is 31.0 Å². The lowest BCUT2D eigenvalue weighted by Gasteiger charge is -2.32. The fraction of sp³-hybridized carbons (Fsp3) is 0.391. The number of hydrogen-bond donors (Lipinski definition) is 2. The zero-order chi connectivity index (χ0) is 22.9. The molecule has 0 bridgehead atoms. The molecular weight excluding hydrogens is 450 g/mol. The predicted octanol–water partition coefficient (Wildman–Crippen LogP) is 3.46. The number of likely N-dealkylation sites (tertiary alicyclic amines) is 1. The maximum absolute atomic E-state index is 12.4. The number of methoxy groups -OCH3 is 1. The van der Waals surface area contributed by atoms with Crippen LogP contribution < -0.4 is 15.8 Å². The van der Waals surface area contributed by atoms with Gasteiger partial charge in [-0.15, -0.1) is 11.8 Å². The molecule has 0 saturated carbocycles. The van der Waals surface area contributed by atoms with Crippen LogP contribution in [0.3, 0.4) is 0 Å². The SMILES string of the molecule is COc1cc(N)c(Cl)cc1C(=O)OCCN1CCC(NC(=O)CSc2ccccc2)CC1. The summed E-state index contributed by atoms with van der Waals surface area (Å²) in [5.41, 5.74) is 6.34. The maximum Gasteiger partial charge on any atom is 0.342 e. The smallest absolute Gasteiger partial charge is 0.342 e. The zero-order valence-electron chi connectivity index (χ0n) is 18.0. The van der Waals surface area contributed by atoms with E-state index in [0.29, 0.717) is 23.7 Å². The summed E-state index contributed by atoms with van der Waals surface area (Å²) in [6.45, 7) is 2.56. The van der Waals surface area contributed by atoms with Crippen molar-refractivity contribution < 1.29 is 19.1 Å². The van der Waals surface area contributed by atoms with Gasteiger partial charge in [0.25, 0.3) is 0 Å². The van der Waals surface area contributed by atoms with Crippen molar-refractivity contribution in [3.05, 3.63) is 53.1 Å². The number of anilines is 1. The van der Waals surface area contributed by atoms with Gasteiger partial charge in [-0.25, -0.2) is 4.79 Å². The van der Waals surface area contributed by atoms with Gasteiger partial charge in [0.1, 0.15) is 17.9 Å². The van der Waals surface area contributed by atoms with E-state index in [1.807, 2.05) is 30.3 Å². The normalized spacial score (nSPS) is 14.7. The van der Waals surface area contributed by atoms with Crippen molar-refractivity contribution in [2.24, 2.45) is 0 Å². The highest BCUT2D eigenvalue weighted by atomic mass is 35.5. The van der Waals surface area contributed by atoms with E-state index in [2.05, 4.69) is 10.2 Å². The van der Waals surface area contributed by atoms with Gasteiger partial charge in [-0.05, 0) is 31.0 Å². The molecule has 1 fully saturated rings. The summed E-state index contributed by atoms with van der Waals surface area (Å²) in [4.78, 5) is 27.9. The van der Waals surface area contributed by atoms with Gasteiger partial charge >= 0.3 is 5.97 Å². The average Bonchev–Trinajstić information content (AvgIpc) is 2.81. The number of nitrogens with zero attached hydrogens (tertiary/aromatic N) is 1. The number of amides is 1. The van der Waals surface area contributed by atoms with Gasteiger partial charge in [-0.2, -0.15) is 0 Å². The molecule has 3 rings (SSSR count). The van der Waals surface area contributed by atoms with Crippen LogP contribution in [0.4, 0.5) is 5.69 Å². The molecule has 1 saturated heterocycles. The summed E-state index contributed by atoms with van der Waals surface area (Å²) < 4.78 is 10.6. The molecule has 32 heavy (non-hydrogen) atoms. The molecule has 0 atom stereocenters. The third-order valence-corrected chi connectivity index (χ3v) is 6.58. The molecule has 1 aliphatic heterocycles. The Bertz CT molecular complexity index is 921. The number of nitrogens with one attached hydrogen (secondary N) is 1. The second-order valence-corrected chi connectivity index (χ2v) is 8.95. The third-order valence-electron chi connectivity index (χ3n) is 5.25. The number of rotatable bonds is 9. The minimum Gasteiger partial charge on any atom is -0.496 e. The molecule has 2 aromatic rings. The van der Waals surface area contributed by atoms with Crippen LogP contribution in [0.1, 0.15) is 23.2 Å². The van der Waals surface area contributed by atoms with Crippen LogP contribution in [0.2, 0.25) is 5.02 Å². The molecule has 3 N–H and O–H groups in total. The second kappa shape index (κ2) is 12.0. The van der Waals surface area contributed by atoms with Gasteiger partial charge in [0.2, 0.25) is 5.91 Å². The molecule has 0 unspecified atom stereocenters. The van der Waals surface area contributed by atoms with Crippen molar-refractivity contribution in [2.45, 2.75) is 23.8 Å². The fourth-order valence-corrected chi connectivity index (χ4v) is 4.37. The Hall–Kier alpha value is -2.42. The maximum atomic E-state index is 12.4. The summed E-state index contributed by atoms with van der Waals surface area (Å²) in [5.74, 6) is 0.307. The predicted molar refractivity (Wildman–Crippen MR) is 127 cm³/mol. The molecule has 0 spiro atoms. The van der Waals surface area contributed by atoms with Crippen molar-refractivity contribution >= 4 is 40.9 Å². The van der Waals surface area contributed by atoms with Crippen LogP contribution in [-0.2, 0) is 9.53 Å². The Kier molecular flexibility index (Phi) is 9.08. The Labute approximate surface area is 197 Å². The van der Waals surface area contributed by atoms with Crippen LogP contribution >= 0.6 is 23.4 Å². The summed E-state index contributed by atoms with van der Waals surface area (Å²) in [7, 11) is 1.46. The highest BCUT2D eigenvalue weighted by molar-refractivity contribution is 8.00. The monoisotopic (exact) mass is 477 g/mol. The van der Waals surface area contributed by atoms with Crippen molar-refractivity contribution in [3.8, 4) is 5.75 Å². The molecule has 1 heterocycles. The summed E-state index contributed by atoms with van der Waals surface area (Å²) in [6, 6.07) is 13.0. The number of hydrogen-bond acceptors (Lipinski definition) is 7. The number of carbonyl (C=O) groups excluding carboxylic acids is 2. The molecule has 1 amide bonds. The number of ether oxygens (including phenoxy) is 2. The highest BCUT2D eigenvalue weighted by Crippen LogP contribution is 2.29. The minimum atomic E-state index is -0.498. The van der Waals surface area contributed by atoms with Crippen molar-refractivity contribution in [1.82, 2.24) is 10.2 Å². The van der Waals surface area contributed by atoms with E-state index in [-0.39, 0.29) is 29.1 Å². The van der Waals surface area contributed by atoms with E-state index >= 15 is 0 Å². The summed E-state index contributed by atoms with van der Waals surface area (Å²) in [5, 5.41) is 3.40. The number of piperidine rings is 1. The van der Waals surface area contributed by atoms with Gasteiger partial charge in [-0.1, -0.05) is 29.8 Å². The average molecular weight is 478 g/mol. The lowest BCUT2D eigenvalue weighted by Crippen LogP contribution is -2.45. The molecule has 0 aliphatic carbocycles. The molecule has 0 radical (unpaired) electrons. The van der Waals surface area contributed by atoms with Gasteiger partial charge < -0.3 is 20.5 Å². The van der Waals surface area contributed by atoms with Gasteiger partial charge in [0.15, 0.2) is 0 Å². The number of thioether (sulfide) groups is 1. The van der Waals surface area contributed by atoms with E-state index in [9.17, 15) is 9.59 Å². The summed E-state index contributed by atoms with van der Waals surface area (Å²) in [6.07, 6.45) is 1.74. The first-order chi connectivity index (χ1) is 15.5. The number of halogens is 1. The van der Waals surface area contributed by atoms with Crippen molar-refractivity contribution in [2.75, 3.05) is 44.8 Å². The Morgan fingerprint density at radius 3 is 2.62 bits per heavy atom. The molecule has 2 aromatic carbocycles. The van der Waals surface area contributed by atoms with Crippen LogP contribution in [0, 0.1) is 0 Å². The lowest BCUT2D eigenvalue weighted by molar-refractivity contribution is -0.119. The summed E-state index contributed by atoms with van der Waals surface area (Å²) >= 11 is 7.55. The van der Waals surface area contributed by atoms with Crippen LogP contribution in [0.15, 0.2) is 47.4 Å². The lowest BCUT2D eigenvalue weighted by atomic mass is 10.1. The van der Waals surface area contributed by atoms with Crippen LogP contribution in [0.5, 0.6) is 5.75 Å². The Morgan fingerprint density at radius 2 is 1.94 bits per heavy atom. The second-order valence-electron chi connectivity index (χ2n) is 7.50. The zero-order valence-corrected chi connectivity index (χ0v) is 19.6. The van der Waals surface area contributed by atoms with E-state index in [1.54, 1.807) is 0 Å². The van der Waals surface area contributed by atoms with Gasteiger partial charge in [0.05, 0.1) is 23.6 Å². The van der Waals surface area contributed by atoms with E-state index in [0.717, 1.165) is 30.8 Å². The molecule has 9 heteroatoms. The number of carbonyl (C=O) groups is 2. The first-order valence-electron chi connectivity index (χ1n) is 10.5. The standard InChI is InChI=1S/C23H28ClN3O4S/c1-30-21-14-20(25)19(24)13-18(21)23(29)31-12-11-27-9-7-16(8-10-27)26-22(28)15-32-17-5-3-2-4-6-17/h2-6,13-14,16H,7-12,15,25H2,1H3,(H,26,28). The van der Waals surface area contributed by atoms with Crippen molar-refractivity contribution in [3.63, 3.8) is 0 Å². The minimum absolute atomic E-state index is 0.0577. The Balaban J connectivity index is 1.35. The molecular formula is C23H28ClN3O4S. The topological polar surface area (TPSA) is 93.9 Å². The first kappa shape index (κ1) is 24.2. The van der Waals surface area contributed by atoms with E-state index in [4.69, 9.17) is 26.8 Å². The number of benzene rings is 2. The number of nitrogens with two attached hydrogens (primary N) is 1. The van der Waals surface area contributed by atoms with Crippen LogP contribution in [-0.4, -0.2) is 61.9 Å². The number of esters is 1. The molecule has 7 nitrogen and oxygen atoms in total. The first-order valence-corrected chi connectivity index (χ1v) is 11.8. The largest absolute Gasteiger partial charge is 0.496 e. The Morgan fingerprint density at radius 1 is 1.22 bits per heavy atom. The molecule has 1 aliphatic rings. The fourth-order valence-electron chi connectivity index (χ4n) is 3.48. The van der Waals surface area contributed by atoms with E-state index < -0.39 is 5.97 Å². The van der Waals surface area contributed by atoms with Crippen LogP contribution in [0.25, 0.3) is 0 Å². The number of nitrogen functional groups attached to an aromatic ring is 1. The highest BCUT2D eigenvalue weighted by Gasteiger charge is 2.21. The van der Waals surface area contributed by atoms with Crippen molar-refractivity contribution in [1.29, 1.82) is 0 Å². The third kappa shape index (κ3) is 7.05. The molecule has 0 aromatic heterocycles. The van der Waals surface area contributed by atoms with Gasteiger partial charge in [0, 0.05) is 36.6 Å².